The normalized spacial score (nSPS) is 9.80. The van der Waals surface area contributed by atoms with Crippen LogP contribution in [0.3, 0.4) is 0 Å². The van der Waals surface area contributed by atoms with Gasteiger partial charge in [-0.2, -0.15) is 0 Å². The van der Waals surface area contributed by atoms with Gasteiger partial charge >= 0.3 is 0 Å². The van der Waals surface area contributed by atoms with Crippen molar-refractivity contribution in [1.29, 1.82) is 0 Å². The summed E-state index contributed by atoms with van der Waals surface area (Å²) < 4.78 is 0. The molecule has 0 fully saturated rings. The van der Waals surface area contributed by atoms with Crippen molar-refractivity contribution in [2.24, 2.45) is 0 Å². The lowest BCUT2D eigenvalue weighted by atomic mass is 10.4. The third-order valence-electron chi connectivity index (χ3n) is 1.09. The van der Waals surface area contributed by atoms with E-state index in [1.165, 1.54) is 0 Å². The Morgan fingerprint density at radius 2 is 2.20 bits per heavy atom. The number of aromatic carboxylic acids is 1. The number of carboxylic acids is 1. The number of carbonyl (C=O) groups is 1. The summed E-state index contributed by atoms with van der Waals surface area (Å²) >= 11 is 1.15. The van der Waals surface area contributed by atoms with Gasteiger partial charge in [-0.3, -0.25) is 0 Å². The molecule has 0 aliphatic rings. The predicted molar refractivity (Wildman–Crippen MR) is 35.9 cm³/mol. The summed E-state index contributed by atoms with van der Waals surface area (Å²) in [6.45, 7) is 3.43. The number of aromatic nitrogens is 1. The van der Waals surface area contributed by atoms with Gasteiger partial charge in [0.2, 0.25) is 0 Å². The third-order valence-corrected chi connectivity index (χ3v) is 2.14. The molecule has 0 saturated carbocycles. The Morgan fingerprint density at radius 3 is 2.40 bits per heavy atom. The zero-order valence-corrected chi connectivity index (χ0v) is 6.49. The molecule has 4 heteroatoms. The minimum Gasteiger partial charge on any atom is -0.544 e. The third kappa shape index (κ3) is 1.16. The van der Waals surface area contributed by atoms with E-state index in [1.54, 1.807) is 13.8 Å². The van der Waals surface area contributed by atoms with Crippen LogP contribution >= 0.6 is 11.3 Å². The first-order valence-electron chi connectivity index (χ1n) is 2.76. The van der Waals surface area contributed by atoms with Gasteiger partial charge < -0.3 is 9.90 Å². The second kappa shape index (κ2) is 2.38. The minimum absolute atomic E-state index is 0.234. The van der Waals surface area contributed by atoms with Gasteiger partial charge in [-0.05, 0) is 13.8 Å². The predicted octanol–water partition coefficient (Wildman–Crippen LogP) is 0.123. The number of carboxylic acid groups (broad SMARTS) is 1. The van der Waals surface area contributed by atoms with E-state index in [2.05, 4.69) is 4.98 Å². The molecule has 0 N–H and O–H groups in total. The maximum Gasteiger partial charge on any atom is 0.0904 e. The first-order valence-corrected chi connectivity index (χ1v) is 3.58. The van der Waals surface area contributed by atoms with Crippen LogP contribution in [0.1, 0.15) is 20.4 Å². The zero-order chi connectivity index (χ0) is 7.72. The van der Waals surface area contributed by atoms with E-state index in [0.717, 1.165) is 16.3 Å². The highest BCUT2D eigenvalue weighted by Gasteiger charge is 2.03. The fourth-order valence-electron chi connectivity index (χ4n) is 0.721. The van der Waals surface area contributed by atoms with Crippen molar-refractivity contribution in [1.82, 2.24) is 4.98 Å². The molecule has 0 spiro atoms. The van der Waals surface area contributed by atoms with Gasteiger partial charge in [0.25, 0.3) is 0 Å². The van der Waals surface area contributed by atoms with Crippen LogP contribution in [0.4, 0.5) is 0 Å². The fourth-order valence-corrected chi connectivity index (χ4v) is 1.48. The van der Waals surface area contributed by atoms with Gasteiger partial charge in [-0.15, -0.1) is 11.3 Å². The lowest BCUT2D eigenvalue weighted by Gasteiger charge is -1.95. The van der Waals surface area contributed by atoms with Crippen LogP contribution in [-0.2, 0) is 0 Å². The molecule has 1 heterocycles. The highest BCUT2D eigenvalue weighted by Crippen LogP contribution is 2.15. The standard InChI is InChI=1S/C6H7NO2S/c1-3-5(6(8)9)10-4(2)7-3/h1-2H3,(H,8,9)/p-1. The van der Waals surface area contributed by atoms with E-state index >= 15 is 0 Å². The van der Waals surface area contributed by atoms with E-state index in [4.69, 9.17) is 0 Å². The molecule has 0 amide bonds. The number of hydrogen-bond donors (Lipinski definition) is 0. The maximum absolute atomic E-state index is 10.3. The Kier molecular flexibility index (Phi) is 1.72. The van der Waals surface area contributed by atoms with Crippen molar-refractivity contribution in [2.45, 2.75) is 13.8 Å². The quantitative estimate of drug-likeness (QED) is 0.580. The van der Waals surface area contributed by atoms with E-state index in [-0.39, 0.29) is 4.88 Å². The number of carbonyl (C=O) groups excluding carboxylic acids is 1. The minimum atomic E-state index is -1.14. The molecule has 1 rings (SSSR count). The summed E-state index contributed by atoms with van der Waals surface area (Å²) in [4.78, 5) is 14.5. The summed E-state index contributed by atoms with van der Waals surface area (Å²) in [6.07, 6.45) is 0. The van der Waals surface area contributed by atoms with E-state index in [9.17, 15) is 9.90 Å². The zero-order valence-electron chi connectivity index (χ0n) is 5.67. The largest absolute Gasteiger partial charge is 0.544 e. The van der Waals surface area contributed by atoms with E-state index in [1.807, 2.05) is 0 Å². The molecule has 10 heavy (non-hydrogen) atoms. The van der Waals surface area contributed by atoms with Crippen LogP contribution in [0, 0.1) is 13.8 Å². The molecule has 0 unspecified atom stereocenters. The summed E-state index contributed by atoms with van der Waals surface area (Å²) in [5, 5.41) is 11.1. The number of hydrogen-bond acceptors (Lipinski definition) is 4. The van der Waals surface area contributed by atoms with Crippen LogP contribution in [0.15, 0.2) is 0 Å². The topological polar surface area (TPSA) is 53.0 Å². The first-order chi connectivity index (χ1) is 4.61. The van der Waals surface area contributed by atoms with Gasteiger partial charge in [0.15, 0.2) is 0 Å². The SMILES string of the molecule is Cc1nc(C)c(C(=O)[O-])s1. The number of rotatable bonds is 1. The van der Waals surface area contributed by atoms with Crippen LogP contribution in [0.5, 0.6) is 0 Å². The Labute approximate surface area is 62.3 Å². The Hall–Kier alpha value is -0.900. The Bertz CT molecular complexity index is 267. The monoisotopic (exact) mass is 156 g/mol. The fraction of sp³-hybridized carbons (Fsp3) is 0.333. The van der Waals surface area contributed by atoms with Crippen molar-refractivity contribution in [3.63, 3.8) is 0 Å². The molecule has 0 aliphatic heterocycles. The molecule has 0 aromatic carbocycles. The summed E-state index contributed by atoms with van der Waals surface area (Å²) in [5.41, 5.74) is 0.544. The number of thiazole rings is 1. The van der Waals surface area contributed by atoms with Crippen LogP contribution in [0.25, 0.3) is 0 Å². The lowest BCUT2D eigenvalue weighted by Crippen LogP contribution is -2.21. The molecule has 0 bridgehead atoms. The van der Waals surface area contributed by atoms with Crippen molar-refractivity contribution < 1.29 is 9.90 Å². The van der Waals surface area contributed by atoms with Gasteiger partial charge in [-0.25, -0.2) is 4.98 Å². The van der Waals surface area contributed by atoms with Crippen molar-refractivity contribution in [2.75, 3.05) is 0 Å². The maximum atomic E-state index is 10.3. The average molecular weight is 156 g/mol. The van der Waals surface area contributed by atoms with Crippen LogP contribution in [0.2, 0.25) is 0 Å². The Morgan fingerprint density at radius 1 is 1.60 bits per heavy atom. The van der Waals surface area contributed by atoms with E-state index in [0.29, 0.717) is 5.69 Å². The molecule has 3 nitrogen and oxygen atoms in total. The molecular weight excluding hydrogens is 150 g/mol. The van der Waals surface area contributed by atoms with Gasteiger partial charge in [-0.1, -0.05) is 0 Å². The second-order valence-electron chi connectivity index (χ2n) is 1.93. The van der Waals surface area contributed by atoms with Crippen molar-refractivity contribution >= 4 is 17.3 Å². The van der Waals surface area contributed by atoms with Gasteiger partial charge in [0.05, 0.1) is 21.5 Å². The second-order valence-corrected chi connectivity index (χ2v) is 3.14. The van der Waals surface area contributed by atoms with Crippen LogP contribution < -0.4 is 5.11 Å². The van der Waals surface area contributed by atoms with Crippen molar-refractivity contribution in [3.05, 3.63) is 15.6 Å². The number of aryl methyl sites for hydroxylation is 2. The highest BCUT2D eigenvalue weighted by atomic mass is 32.1. The Balaban J connectivity index is 3.15. The summed E-state index contributed by atoms with van der Waals surface area (Å²) in [5.74, 6) is -1.14. The van der Waals surface area contributed by atoms with Gasteiger partial charge in [0, 0.05) is 0 Å². The molecule has 0 aliphatic carbocycles. The molecular formula is C6H6NO2S-. The summed E-state index contributed by atoms with van der Waals surface area (Å²) in [7, 11) is 0. The average Bonchev–Trinajstić information content (AvgIpc) is 2.10. The van der Waals surface area contributed by atoms with Crippen molar-refractivity contribution in [3.8, 4) is 0 Å². The molecule has 0 atom stereocenters. The first kappa shape index (κ1) is 7.21. The molecule has 0 radical (unpaired) electrons. The molecule has 1 aromatic rings. The molecule has 0 saturated heterocycles. The van der Waals surface area contributed by atoms with Crippen LogP contribution in [-0.4, -0.2) is 11.0 Å². The highest BCUT2D eigenvalue weighted by molar-refractivity contribution is 7.13. The molecule has 1 aromatic heterocycles. The number of nitrogens with zero attached hydrogens (tertiary/aromatic N) is 1. The lowest BCUT2D eigenvalue weighted by molar-refractivity contribution is -0.254. The van der Waals surface area contributed by atoms with E-state index < -0.39 is 5.97 Å². The van der Waals surface area contributed by atoms with Gasteiger partial charge in [0.1, 0.15) is 0 Å². The summed E-state index contributed by atoms with van der Waals surface area (Å²) in [6, 6.07) is 0. The molecule has 54 valence electrons. The smallest absolute Gasteiger partial charge is 0.0904 e.